The molecule has 36 heavy (non-hydrogen) atoms. The minimum Gasteiger partial charge on any atom is -0.321 e. The van der Waals surface area contributed by atoms with Crippen molar-refractivity contribution in [1.82, 2.24) is 9.13 Å². The zero-order valence-electron chi connectivity index (χ0n) is 19.5. The van der Waals surface area contributed by atoms with Gasteiger partial charge in [-0.15, -0.1) is 0 Å². The molecule has 0 atom stereocenters. The highest BCUT2D eigenvalue weighted by atomic mass is 19.1. The Morgan fingerprint density at radius 1 is 0.861 bits per heavy atom. The topological polar surface area (TPSA) is 56.0 Å². The van der Waals surface area contributed by atoms with E-state index in [2.05, 4.69) is 5.32 Å². The van der Waals surface area contributed by atoms with Crippen molar-refractivity contribution in [2.45, 2.75) is 19.9 Å². The van der Waals surface area contributed by atoms with Crippen molar-refractivity contribution in [2.24, 2.45) is 0 Å². The number of halogens is 2. The van der Waals surface area contributed by atoms with Crippen LogP contribution < -0.4 is 10.9 Å². The average Bonchev–Trinajstić information content (AvgIpc) is 3.32. The fraction of sp³-hybridized carbons (Fsp3) is 0.103. The Bertz CT molecular complexity index is 1620. The number of rotatable bonds is 6. The number of aromatic nitrogens is 2. The summed E-state index contributed by atoms with van der Waals surface area (Å²) < 4.78 is 30.6. The molecule has 0 spiro atoms. The third-order valence-electron chi connectivity index (χ3n) is 6.17. The van der Waals surface area contributed by atoms with Gasteiger partial charge in [-0.25, -0.2) is 8.78 Å². The maximum atomic E-state index is 13.6. The third kappa shape index (κ3) is 4.43. The van der Waals surface area contributed by atoms with E-state index in [1.165, 1.54) is 24.3 Å². The lowest BCUT2D eigenvalue weighted by Gasteiger charge is -2.16. The molecule has 0 aliphatic heterocycles. The van der Waals surface area contributed by atoms with Gasteiger partial charge in [-0.2, -0.15) is 0 Å². The van der Waals surface area contributed by atoms with Crippen LogP contribution >= 0.6 is 0 Å². The number of carbonyl (C=O) groups is 1. The Hall–Kier alpha value is -4.52. The van der Waals surface area contributed by atoms with E-state index in [0.29, 0.717) is 11.3 Å². The van der Waals surface area contributed by atoms with Gasteiger partial charge in [-0.05, 0) is 83.9 Å². The van der Waals surface area contributed by atoms with Gasteiger partial charge in [0.2, 0.25) is 5.91 Å². The van der Waals surface area contributed by atoms with E-state index in [1.54, 1.807) is 47.9 Å². The molecule has 0 saturated carbocycles. The van der Waals surface area contributed by atoms with E-state index < -0.39 is 0 Å². The largest absolute Gasteiger partial charge is 0.321 e. The van der Waals surface area contributed by atoms with Crippen molar-refractivity contribution in [3.63, 3.8) is 0 Å². The van der Waals surface area contributed by atoms with Gasteiger partial charge in [0.25, 0.3) is 5.56 Å². The second kappa shape index (κ2) is 9.62. The van der Waals surface area contributed by atoms with E-state index in [-0.39, 0.29) is 41.8 Å². The van der Waals surface area contributed by atoms with Gasteiger partial charge in [-0.1, -0.05) is 19.1 Å². The molecule has 0 aliphatic carbocycles. The lowest BCUT2D eigenvalue weighted by Crippen LogP contribution is -2.27. The normalized spacial score (nSPS) is 11.1. The van der Waals surface area contributed by atoms with Gasteiger partial charge in [0, 0.05) is 23.7 Å². The molecule has 2 heterocycles. The Labute approximate surface area is 206 Å². The lowest BCUT2D eigenvalue weighted by molar-refractivity contribution is -0.115. The highest BCUT2D eigenvalue weighted by Gasteiger charge is 2.15. The lowest BCUT2D eigenvalue weighted by atomic mass is 10.1. The molecule has 3 aromatic carbocycles. The molecular weight excluding hydrogens is 460 g/mol. The van der Waals surface area contributed by atoms with E-state index in [0.717, 1.165) is 22.2 Å². The van der Waals surface area contributed by atoms with Crippen LogP contribution in [0, 0.1) is 11.6 Å². The molecule has 180 valence electrons. The summed E-state index contributed by atoms with van der Waals surface area (Å²) >= 11 is 0. The van der Waals surface area contributed by atoms with E-state index in [1.807, 2.05) is 35.0 Å². The standard InChI is InChI=1S/C29H23F2N3O2/c1-2-28(35)32-25-14-15-26(19-6-8-21(30)9-7-19)34(29(25)36)18-20-4-3-5-27-24(20)16-17-33(27)23-12-10-22(31)11-13-23/h3-17H,2,18H2,1H3,(H,32,35). The number of pyridine rings is 1. The average molecular weight is 484 g/mol. The van der Waals surface area contributed by atoms with Crippen molar-refractivity contribution in [1.29, 1.82) is 0 Å². The molecule has 0 aliphatic rings. The van der Waals surface area contributed by atoms with Crippen LogP contribution in [0.4, 0.5) is 14.5 Å². The van der Waals surface area contributed by atoms with Crippen LogP contribution in [0.15, 0.2) is 95.9 Å². The summed E-state index contributed by atoms with van der Waals surface area (Å²) in [6.45, 7) is 1.94. The first-order valence-electron chi connectivity index (χ1n) is 11.6. The van der Waals surface area contributed by atoms with Crippen LogP contribution in [0.25, 0.3) is 27.8 Å². The number of hydrogen-bond acceptors (Lipinski definition) is 2. The molecular formula is C29H23F2N3O2. The Kier molecular flexibility index (Phi) is 6.21. The first kappa shape index (κ1) is 23.2. The number of anilines is 1. The maximum absolute atomic E-state index is 13.6. The number of amides is 1. The van der Waals surface area contributed by atoms with E-state index in [9.17, 15) is 18.4 Å². The third-order valence-corrected chi connectivity index (χ3v) is 6.17. The number of carbonyl (C=O) groups excluding carboxylic acids is 1. The number of nitrogens with one attached hydrogen (secondary N) is 1. The maximum Gasteiger partial charge on any atom is 0.275 e. The first-order chi connectivity index (χ1) is 17.4. The molecule has 5 nitrogen and oxygen atoms in total. The van der Waals surface area contributed by atoms with Gasteiger partial charge in [0.15, 0.2) is 0 Å². The van der Waals surface area contributed by atoms with Gasteiger partial charge < -0.3 is 14.5 Å². The van der Waals surface area contributed by atoms with Gasteiger partial charge in [0.1, 0.15) is 17.3 Å². The molecule has 0 saturated heterocycles. The first-order valence-corrected chi connectivity index (χ1v) is 11.6. The predicted molar refractivity (Wildman–Crippen MR) is 137 cm³/mol. The molecule has 7 heteroatoms. The zero-order chi connectivity index (χ0) is 25.2. The van der Waals surface area contributed by atoms with Crippen LogP contribution in [0.3, 0.4) is 0 Å². The molecule has 1 N–H and O–H groups in total. The van der Waals surface area contributed by atoms with Crippen LogP contribution in [0.1, 0.15) is 18.9 Å². The van der Waals surface area contributed by atoms with E-state index in [4.69, 9.17) is 0 Å². The number of fused-ring (bicyclic) bond motifs is 1. The summed E-state index contributed by atoms with van der Waals surface area (Å²) in [6.07, 6.45) is 2.15. The van der Waals surface area contributed by atoms with Crippen molar-refractivity contribution in [3.05, 3.63) is 119 Å². The molecule has 0 unspecified atom stereocenters. The number of hydrogen-bond donors (Lipinski definition) is 1. The van der Waals surface area contributed by atoms with Gasteiger partial charge in [0.05, 0.1) is 17.8 Å². The highest BCUT2D eigenvalue weighted by molar-refractivity contribution is 5.90. The number of benzene rings is 3. The monoisotopic (exact) mass is 483 g/mol. The molecule has 1 amide bonds. The smallest absolute Gasteiger partial charge is 0.275 e. The Morgan fingerprint density at radius 2 is 1.56 bits per heavy atom. The SMILES string of the molecule is CCC(=O)Nc1ccc(-c2ccc(F)cc2)n(Cc2cccc3c2ccn3-c2ccc(F)cc2)c1=O. The number of nitrogens with zero attached hydrogens (tertiary/aromatic N) is 2. The quantitative estimate of drug-likeness (QED) is 0.316. The fourth-order valence-corrected chi connectivity index (χ4v) is 4.31. The van der Waals surface area contributed by atoms with Crippen LogP contribution in [0.2, 0.25) is 0 Å². The minimum absolute atomic E-state index is 0.184. The predicted octanol–water partition coefficient (Wildman–Crippen LogP) is 6.13. The van der Waals surface area contributed by atoms with Crippen LogP contribution in [-0.2, 0) is 11.3 Å². The molecule has 5 rings (SSSR count). The summed E-state index contributed by atoms with van der Waals surface area (Å²) in [5, 5.41) is 3.61. The summed E-state index contributed by atoms with van der Waals surface area (Å²) in [7, 11) is 0. The Balaban J connectivity index is 1.63. The second-order valence-electron chi connectivity index (χ2n) is 8.44. The summed E-state index contributed by atoms with van der Waals surface area (Å²) in [5.74, 6) is -0.934. The molecule has 0 fully saturated rings. The van der Waals surface area contributed by atoms with Crippen molar-refractivity contribution in [2.75, 3.05) is 5.32 Å². The van der Waals surface area contributed by atoms with Crippen molar-refractivity contribution in [3.8, 4) is 16.9 Å². The fourth-order valence-electron chi connectivity index (χ4n) is 4.31. The Morgan fingerprint density at radius 3 is 2.25 bits per heavy atom. The van der Waals surface area contributed by atoms with Crippen molar-refractivity contribution >= 4 is 22.5 Å². The van der Waals surface area contributed by atoms with Crippen LogP contribution in [0.5, 0.6) is 0 Å². The van der Waals surface area contributed by atoms with Gasteiger partial charge in [-0.3, -0.25) is 9.59 Å². The summed E-state index contributed by atoms with van der Waals surface area (Å²) in [4.78, 5) is 25.5. The zero-order valence-corrected chi connectivity index (χ0v) is 19.5. The van der Waals surface area contributed by atoms with Crippen molar-refractivity contribution < 1.29 is 13.6 Å². The molecule has 2 aromatic heterocycles. The second-order valence-corrected chi connectivity index (χ2v) is 8.44. The summed E-state index contributed by atoms with van der Waals surface area (Å²) in [5.41, 5.74) is 3.72. The van der Waals surface area contributed by atoms with E-state index >= 15 is 0 Å². The summed E-state index contributed by atoms with van der Waals surface area (Å²) in [6, 6.07) is 23.3. The minimum atomic E-state index is -0.369. The molecule has 0 radical (unpaired) electrons. The molecule has 5 aromatic rings. The highest BCUT2D eigenvalue weighted by Crippen LogP contribution is 2.27. The van der Waals surface area contributed by atoms with Crippen LogP contribution in [-0.4, -0.2) is 15.0 Å². The molecule has 0 bridgehead atoms. The van der Waals surface area contributed by atoms with Gasteiger partial charge >= 0.3 is 0 Å².